The van der Waals surface area contributed by atoms with Crippen LogP contribution < -0.4 is 10.3 Å². The summed E-state index contributed by atoms with van der Waals surface area (Å²) in [5, 5.41) is 9.44. The molecule has 0 aliphatic carbocycles. The minimum Gasteiger partial charge on any atom is -0.491 e. The van der Waals surface area contributed by atoms with Gasteiger partial charge in [-0.15, -0.1) is 0 Å². The first-order valence-corrected chi connectivity index (χ1v) is 7.19. The van der Waals surface area contributed by atoms with Gasteiger partial charge in [-0.05, 0) is 31.0 Å². The molecule has 1 aromatic heterocycles. The van der Waals surface area contributed by atoms with Gasteiger partial charge in [-0.2, -0.15) is 0 Å². The fourth-order valence-electron chi connectivity index (χ4n) is 2.76. The fourth-order valence-corrected chi connectivity index (χ4v) is 2.76. The van der Waals surface area contributed by atoms with Crippen LogP contribution in [0, 0.1) is 0 Å². The Balaban J connectivity index is 1.72. The summed E-state index contributed by atoms with van der Waals surface area (Å²) < 4.78 is 5.72. The standard InChI is InChI=1S/C15H17N3O4/c19-7-14(20)18-5-1-2-10(18)8-22-11-3-4-13-12(6-11)15(21)17-9-16-13/h3-4,6,9-10,19H,1-2,5,7-8H2,(H,16,17,21)/t10-/m0/s1. The minimum atomic E-state index is -0.479. The molecular formula is C15H17N3O4. The number of aliphatic hydroxyl groups is 1. The number of rotatable bonds is 4. The zero-order valence-corrected chi connectivity index (χ0v) is 12.0. The Morgan fingerprint density at radius 2 is 2.36 bits per heavy atom. The SMILES string of the molecule is O=C(CO)N1CCC[C@H]1COc1ccc2nc[nH]c(=O)c2c1. The maximum Gasteiger partial charge on any atom is 0.258 e. The highest BCUT2D eigenvalue weighted by molar-refractivity contribution is 5.79. The van der Waals surface area contributed by atoms with E-state index in [-0.39, 0.29) is 17.5 Å². The van der Waals surface area contributed by atoms with Gasteiger partial charge in [0.05, 0.1) is 23.3 Å². The number of ether oxygens (including phenoxy) is 1. The molecule has 3 rings (SSSR count). The molecule has 0 unspecified atom stereocenters. The molecule has 1 amide bonds. The Bertz CT molecular complexity index is 743. The summed E-state index contributed by atoms with van der Waals surface area (Å²) in [4.78, 5) is 31.6. The second-order valence-electron chi connectivity index (χ2n) is 5.26. The van der Waals surface area contributed by atoms with Crippen molar-refractivity contribution in [2.24, 2.45) is 0 Å². The third-order valence-electron chi connectivity index (χ3n) is 3.89. The van der Waals surface area contributed by atoms with Crippen LogP contribution in [0.4, 0.5) is 0 Å². The van der Waals surface area contributed by atoms with Crippen molar-refractivity contribution >= 4 is 16.8 Å². The van der Waals surface area contributed by atoms with Gasteiger partial charge < -0.3 is 19.7 Å². The van der Waals surface area contributed by atoms with Crippen LogP contribution in [0.1, 0.15) is 12.8 Å². The molecule has 7 nitrogen and oxygen atoms in total. The van der Waals surface area contributed by atoms with Crippen molar-refractivity contribution in [2.45, 2.75) is 18.9 Å². The van der Waals surface area contributed by atoms with Crippen LogP contribution in [0.5, 0.6) is 5.75 Å². The Kier molecular flexibility index (Phi) is 4.06. The Labute approximate surface area is 126 Å². The molecule has 1 atom stereocenters. The van der Waals surface area contributed by atoms with Gasteiger partial charge >= 0.3 is 0 Å². The number of amides is 1. The lowest BCUT2D eigenvalue weighted by Gasteiger charge is -2.24. The van der Waals surface area contributed by atoms with Crippen LogP contribution in [0.3, 0.4) is 0 Å². The number of H-pyrrole nitrogens is 1. The molecule has 1 aliphatic heterocycles. The summed E-state index contributed by atoms with van der Waals surface area (Å²) in [6.45, 7) is 0.512. The van der Waals surface area contributed by atoms with E-state index in [9.17, 15) is 9.59 Å². The van der Waals surface area contributed by atoms with Gasteiger partial charge in [-0.3, -0.25) is 9.59 Å². The van der Waals surface area contributed by atoms with E-state index in [1.165, 1.54) is 6.33 Å². The van der Waals surface area contributed by atoms with Crippen molar-refractivity contribution in [3.63, 3.8) is 0 Å². The van der Waals surface area contributed by atoms with Crippen molar-refractivity contribution in [3.05, 3.63) is 34.9 Å². The van der Waals surface area contributed by atoms with E-state index < -0.39 is 6.61 Å². The number of aromatic nitrogens is 2. The van der Waals surface area contributed by atoms with E-state index in [2.05, 4.69) is 9.97 Å². The van der Waals surface area contributed by atoms with Gasteiger partial charge in [0.1, 0.15) is 19.0 Å². The number of nitrogens with zero attached hydrogens (tertiary/aromatic N) is 2. The van der Waals surface area contributed by atoms with E-state index >= 15 is 0 Å². The lowest BCUT2D eigenvalue weighted by molar-refractivity contribution is -0.135. The second-order valence-corrected chi connectivity index (χ2v) is 5.26. The second kappa shape index (κ2) is 6.15. The maximum atomic E-state index is 11.7. The van der Waals surface area contributed by atoms with Gasteiger partial charge in [0.25, 0.3) is 5.56 Å². The summed E-state index contributed by atoms with van der Waals surface area (Å²) in [7, 11) is 0. The van der Waals surface area contributed by atoms with Crippen molar-refractivity contribution in [3.8, 4) is 5.75 Å². The number of carbonyl (C=O) groups excluding carboxylic acids is 1. The summed E-state index contributed by atoms with van der Waals surface area (Å²) in [5.74, 6) is 0.291. The lowest BCUT2D eigenvalue weighted by Crippen LogP contribution is -2.40. The first-order valence-electron chi connectivity index (χ1n) is 7.19. The molecule has 7 heteroatoms. The Morgan fingerprint density at radius 3 is 3.18 bits per heavy atom. The zero-order chi connectivity index (χ0) is 15.5. The predicted octanol–water partition coefficient (Wildman–Crippen LogP) is 0.285. The van der Waals surface area contributed by atoms with Gasteiger partial charge in [-0.25, -0.2) is 4.98 Å². The van der Waals surface area contributed by atoms with Gasteiger partial charge in [0.2, 0.25) is 5.91 Å². The van der Waals surface area contributed by atoms with Crippen LogP contribution in [0.2, 0.25) is 0 Å². The Hall–Kier alpha value is -2.41. The molecule has 1 fully saturated rings. The van der Waals surface area contributed by atoms with E-state index in [1.54, 1.807) is 23.1 Å². The topological polar surface area (TPSA) is 95.5 Å². The number of nitrogens with one attached hydrogen (secondary N) is 1. The molecule has 1 aliphatic rings. The Morgan fingerprint density at radius 1 is 1.50 bits per heavy atom. The van der Waals surface area contributed by atoms with E-state index in [0.29, 0.717) is 29.8 Å². The van der Waals surface area contributed by atoms with E-state index in [0.717, 1.165) is 12.8 Å². The van der Waals surface area contributed by atoms with Crippen LogP contribution in [-0.4, -0.2) is 51.7 Å². The van der Waals surface area contributed by atoms with Gasteiger partial charge in [0, 0.05) is 6.54 Å². The average molecular weight is 303 g/mol. The van der Waals surface area contributed by atoms with Crippen LogP contribution >= 0.6 is 0 Å². The highest BCUT2D eigenvalue weighted by Gasteiger charge is 2.28. The molecule has 0 saturated carbocycles. The smallest absolute Gasteiger partial charge is 0.258 e. The molecule has 0 spiro atoms. The molecule has 0 radical (unpaired) electrons. The predicted molar refractivity (Wildman–Crippen MR) is 79.7 cm³/mol. The normalized spacial score (nSPS) is 17.9. The summed E-state index contributed by atoms with van der Waals surface area (Å²) >= 11 is 0. The maximum absolute atomic E-state index is 11.7. The summed E-state index contributed by atoms with van der Waals surface area (Å²) in [6, 6.07) is 5.09. The highest BCUT2D eigenvalue weighted by atomic mass is 16.5. The summed E-state index contributed by atoms with van der Waals surface area (Å²) in [5.41, 5.74) is 0.391. The molecule has 2 aromatic rings. The first kappa shape index (κ1) is 14.5. The first-order chi connectivity index (χ1) is 10.7. The molecule has 1 saturated heterocycles. The van der Waals surface area contributed by atoms with Gasteiger partial charge in [0.15, 0.2) is 0 Å². The average Bonchev–Trinajstić information content (AvgIpc) is 3.01. The molecular weight excluding hydrogens is 286 g/mol. The number of aliphatic hydroxyl groups excluding tert-OH is 1. The van der Waals surface area contributed by atoms with Crippen LogP contribution in [0.25, 0.3) is 10.9 Å². The molecule has 2 heterocycles. The van der Waals surface area contributed by atoms with Crippen molar-refractivity contribution in [2.75, 3.05) is 19.8 Å². The summed E-state index contributed by atoms with van der Waals surface area (Å²) in [6.07, 6.45) is 3.12. The number of likely N-dealkylation sites (tertiary alicyclic amines) is 1. The van der Waals surface area contributed by atoms with Crippen molar-refractivity contribution in [1.82, 2.24) is 14.9 Å². The van der Waals surface area contributed by atoms with Crippen molar-refractivity contribution < 1.29 is 14.6 Å². The van der Waals surface area contributed by atoms with Crippen molar-refractivity contribution in [1.29, 1.82) is 0 Å². The molecule has 116 valence electrons. The van der Waals surface area contributed by atoms with E-state index in [4.69, 9.17) is 9.84 Å². The third kappa shape index (κ3) is 2.80. The zero-order valence-electron chi connectivity index (χ0n) is 12.0. The third-order valence-corrected chi connectivity index (χ3v) is 3.89. The van der Waals surface area contributed by atoms with Crippen LogP contribution in [-0.2, 0) is 4.79 Å². The van der Waals surface area contributed by atoms with Gasteiger partial charge in [-0.1, -0.05) is 0 Å². The number of aromatic amines is 1. The molecule has 1 aromatic carbocycles. The number of fused-ring (bicyclic) bond motifs is 1. The molecule has 0 bridgehead atoms. The fraction of sp³-hybridized carbons (Fsp3) is 0.400. The monoisotopic (exact) mass is 303 g/mol. The number of benzene rings is 1. The quantitative estimate of drug-likeness (QED) is 0.846. The number of carbonyl (C=O) groups is 1. The minimum absolute atomic E-state index is 0.0393. The van der Waals surface area contributed by atoms with Crippen LogP contribution in [0.15, 0.2) is 29.3 Å². The molecule has 22 heavy (non-hydrogen) atoms. The molecule has 2 N–H and O–H groups in total. The number of hydrogen-bond acceptors (Lipinski definition) is 5. The lowest BCUT2D eigenvalue weighted by atomic mass is 10.2. The largest absolute Gasteiger partial charge is 0.491 e. The number of hydrogen-bond donors (Lipinski definition) is 2. The van der Waals surface area contributed by atoms with E-state index in [1.807, 2.05) is 0 Å². The highest BCUT2D eigenvalue weighted by Crippen LogP contribution is 2.21.